The topological polar surface area (TPSA) is 124 Å². The van der Waals surface area contributed by atoms with Crippen LogP contribution in [0.5, 0.6) is 0 Å². The molecular weight excluding hydrogens is 508 g/mol. The van der Waals surface area contributed by atoms with Gasteiger partial charge in [0.25, 0.3) is 0 Å². The molecule has 4 bridgehead atoms. The molecule has 10 unspecified atom stereocenters. The smallest absolute Gasteiger partial charge is 0.320 e. The molecule has 0 N–H and O–H groups in total. The first-order valence-electron chi connectivity index (χ1n) is 12.4. The van der Waals surface area contributed by atoms with Gasteiger partial charge in [-0.2, -0.15) is 0 Å². The summed E-state index contributed by atoms with van der Waals surface area (Å²) in [4.78, 5) is 48.8. The first kappa shape index (κ1) is 24.1. The molecule has 10 nitrogen and oxygen atoms in total. The van der Waals surface area contributed by atoms with E-state index in [4.69, 9.17) is 27.2 Å². The van der Waals surface area contributed by atoms with Crippen LogP contribution in [-0.4, -0.2) is 73.5 Å². The molecule has 6 aliphatic rings. The van der Waals surface area contributed by atoms with E-state index in [1.54, 1.807) is 0 Å². The van der Waals surface area contributed by atoms with Crippen molar-refractivity contribution >= 4 is 49.1 Å². The number of hydrogen-bond donors (Lipinski definition) is 0. The van der Waals surface area contributed by atoms with Gasteiger partial charge in [-0.1, -0.05) is 0 Å². The van der Waals surface area contributed by atoms with E-state index >= 15 is 0 Å². The van der Waals surface area contributed by atoms with E-state index in [0.717, 1.165) is 0 Å². The number of ether oxygens (including phenoxy) is 4. The molecule has 6 fully saturated rings. The van der Waals surface area contributed by atoms with E-state index in [2.05, 4.69) is 26.2 Å². The zero-order valence-electron chi connectivity index (χ0n) is 20.8. The third-order valence-corrected chi connectivity index (χ3v) is 21.8. The molecule has 0 saturated carbocycles. The highest BCUT2D eigenvalue weighted by Crippen LogP contribution is 2.58. The third-order valence-electron chi connectivity index (χ3n) is 9.01. The number of carbonyl (C=O) groups is 4. The number of hydrogen-bond acceptors (Lipinski definition) is 10. The van der Waals surface area contributed by atoms with Gasteiger partial charge in [0.1, 0.15) is 0 Å². The van der Waals surface area contributed by atoms with Crippen LogP contribution in [0.4, 0.5) is 0 Å². The van der Waals surface area contributed by atoms with Gasteiger partial charge in [-0.15, -0.1) is 0 Å². The molecule has 0 aliphatic carbocycles. The molecule has 13 heteroatoms. The van der Waals surface area contributed by atoms with Gasteiger partial charge in [-0.3, -0.25) is 19.2 Å². The lowest BCUT2D eigenvalue weighted by molar-refractivity contribution is -0.158. The van der Waals surface area contributed by atoms with E-state index in [1.165, 1.54) is 0 Å². The number of fused-ring (bicyclic) bond motifs is 10. The largest absolute Gasteiger partial charge is 0.436 e. The van der Waals surface area contributed by atoms with Crippen LogP contribution < -0.4 is 0 Å². The lowest BCUT2D eigenvalue weighted by Gasteiger charge is -2.45. The number of cyclic esters (lactones) is 4. The molecule has 192 valence electrons. The summed E-state index contributed by atoms with van der Waals surface area (Å²) >= 11 is 0. The minimum Gasteiger partial charge on any atom is -0.436 e. The first-order chi connectivity index (χ1) is 16.2. The minimum absolute atomic E-state index is 0.0678. The summed E-state index contributed by atoms with van der Waals surface area (Å²) in [5, 5.41) is 0. The summed E-state index contributed by atoms with van der Waals surface area (Å²) in [6.07, 6.45) is 0.128. The zero-order chi connectivity index (χ0) is 25.2. The van der Waals surface area contributed by atoms with Crippen molar-refractivity contribution in [3.05, 3.63) is 0 Å². The third kappa shape index (κ3) is 3.45. The molecule has 0 radical (unpaired) electrons. The lowest BCUT2D eigenvalue weighted by Crippen LogP contribution is -2.58. The van der Waals surface area contributed by atoms with Crippen LogP contribution in [0.15, 0.2) is 0 Å². The molecule has 0 aromatic carbocycles. The Morgan fingerprint density at radius 2 is 0.943 bits per heavy atom. The molecular formula is C22H32O10Si3. The molecule has 0 spiro atoms. The molecule has 35 heavy (non-hydrogen) atoms. The van der Waals surface area contributed by atoms with Crippen molar-refractivity contribution < 1.29 is 46.4 Å². The van der Waals surface area contributed by atoms with Crippen molar-refractivity contribution in [1.82, 2.24) is 0 Å². The summed E-state index contributed by atoms with van der Waals surface area (Å²) in [6.45, 7) is 12.6. The minimum atomic E-state index is -2.65. The van der Waals surface area contributed by atoms with E-state index in [0.29, 0.717) is 12.8 Å². The highest BCUT2D eigenvalue weighted by atomic mass is 28.5. The normalized spacial score (nSPS) is 44.2. The first-order valence-corrected chi connectivity index (χ1v) is 21.2. The Hall–Kier alpha value is -1.23. The van der Waals surface area contributed by atoms with Crippen LogP contribution in [0.25, 0.3) is 0 Å². The van der Waals surface area contributed by atoms with Crippen LogP contribution in [0.1, 0.15) is 12.8 Å². The molecule has 6 aliphatic heterocycles. The highest BCUT2D eigenvalue weighted by Gasteiger charge is 2.69. The highest BCUT2D eigenvalue weighted by molar-refractivity contribution is 6.88. The Bertz CT molecular complexity index is 949. The van der Waals surface area contributed by atoms with Crippen molar-refractivity contribution in [1.29, 1.82) is 0 Å². The quantitative estimate of drug-likeness (QED) is 0.280. The van der Waals surface area contributed by atoms with E-state index < -0.39 is 72.7 Å². The van der Waals surface area contributed by atoms with Crippen molar-refractivity contribution in [3.8, 4) is 0 Å². The van der Waals surface area contributed by atoms with Gasteiger partial charge in [-0.25, -0.2) is 0 Å². The molecule has 6 heterocycles. The van der Waals surface area contributed by atoms with Gasteiger partial charge in [0.2, 0.25) is 0 Å². The summed E-state index contributed by atoms with van der Waals surface area (Å²) in [7, 11) is -7.45. The van der Waals surface area contributed by atoms with Crippen LogP contribution >= 0.6 is 0 Å². The van der Waals surface area contributed by atoms with E-state index in [9.17, 15) is 19.2 Å². The van der Waals surface area contributed by atoms with Gasteiger partial charge >= 0.3 is 32.4 Å². The Balaban J connectivity index is 1.15. The number of esters is 4. The Morgan fingerprint density at radius 3 is 1.31 bits per heavy atom. The standard InChI is InChI=1S/C22H32O10Si3/c1-33(2,11-7-9-13-15(17(11)27-9)21(25)29-19(13)23)31-35(5,6)32-34(3,4)12-8-10-14-16(18(12)28-10)22(26)30-20(14)24/h9-18H,7-8H2,1-6H3. The maximum Gasteiger partial charge on any atom is 0.320 e. The average molecular weight is 541 g/mol. The van der Waals surface area contributed by atoms with Crippen molar-refractivity contribution in [2.75, 3.05) is 0 Å². The fourth-order valence-electron chi connectivity index (χ4n) is 7.90. The fraction of sp³-hybridized carbons (Fsp3) is 0.818. The van der Waals surface area contributed by atoms with Crippen LogP contribution in [0.3, 0.4) is 0 Å². The van der Waals surface area contributed by atoms with Gasteiger partial charge in [-0.05, 0) is 52.1 Å². The van der Waals surface area contributed by atoms with Gasteiger partial charge in [0, 0.05) is 11.1 Å². The lowest BCUT2D eigenvalue weighted by atomic mass is 9.81. The van der Waals surface area contributed by atoms with Gasteiger partial charge in [0.15, 0.2) is 16.6 Å². The molecule has 6 rings (SSSR count). The molecule has 0 aromatic heterocycles. The SMILES string of the molecule is C[Si](C)(O[Si](C)(C)C1CC2OC1C1C(=O)OC(=O)C21)O[Si](C)(C)C1CC2OC1C1C(=O)OC(=O)C21. The summed E-state index contributed by atoms with van der Waals surface area (Å²) < 4.78 is 35.7. The van der Waals surface area contributed by atoms with E-state index in [1.807, 2.05) is 13.1 Å². The number of rotatable bonds is 6. The Kier molecular flexibility index (Phi) is 5.11. The molecule has 6 saturated heterocycles. The number of carbonyl (C=O) groups excluding carboxylic acids is 4. The van der Waals surface area contributed by atoms with Gasteiger partial charge in [0.05, 0.1) is 48.1 Å². The van der Waals surface area contributed by atoms with Crippen LogP contribution in [0.2, 0.25) is 50.4 Å². The fourth-order valence-corrected chi connectivity index (χ4v) is 23.5. The summed E-state index contributed by atoms with van der Waals surface area (Å²) in [6, 6.07) is 0. The van der Waals surface area contributed by atoms with Gasteiger partial charge < -0.3 is 27.2 Å². The molecule has 0 amide bonds. The Morgan fingerprint density at radius 1 is 0.600 bits per heavy atom. The van der Waals surface area contributed by atoms with Crippen LogP contribution in [-0.2, 0) is 46.4 Å². The molecule has 0 aromatic rings. The Labute approximate surface area is 206 Å². The zero-order valence-corrected chi connectivity index (χ0v) is 23.8. The van der Waals surface area contributed by atoms with Crippen molar-refractivity contribution in [3.63, 3.8) is 0 Å². The van der Waals surface area contributed by atoms with Crippen molar-refractivity contribution in [2.24, 2.45) is 23.7 Å². The van der Waals surface area contributed by atoms with Crippen molar-refractivity contribution in [2.45, 2.75) is 87.6 Å². The predicted octanol–water partition coefficient (Wildman–Crippen LogP) is 1.85. The average Bonchev–Trinajstić information content (AvgIpc) is 3.51. The second kappa shape index (κ2) is 7.42. The maximum atomic E-state index is 12.3. The second-order valence-electron chi connectivity index (χ2n) is 12.4. The summed E-state index contributed by atoms with van der Waals surface area (Å²) in [5.41, 5.74) is 0.136. The predicted molar refractivity (Wildman–Crippen MR) is 125 cm³/mol. The second-order valence-corrected chi connectivity index (χ2v) is 24.7. The monoisotopic (exact) mass is 540 g/mol. The summed E-state index contributed by atoms with van der Waals surface area (Å²) in [5.74, 6) is -3.85. The van der Waals surface area contributed by atoms with E-state index in [-0.39, 0.29) is 35.5 Å². The maximum absolute atomic E-state index is 12.3. The van der Waals surface area contributed by atoms with Crippen LogP contribution in [0, 0.1) is 23.7 Å². The molecule has 10 atom stereocenters.